The Morgan fingerprint density at radius 3 is 2.72 bits per heavy atom. The summed E-state index contributed by atoms with van der Waals surface area (Å²) in [6.45, 7) is 5.68. The Morgan fingerprint density at radius 1 is 1.50 bits per heavy atom. The van der Waals surface area contributed by atoms with Crippen molar-refractivity contribution in [2.75, 3.05) is 17.1 Å². The van der Waals surface area contributed by atoms with Gasteiger partial charge < -0.3 is 4.74 Å². The van der Waals surface area contributed by atoms with Crippen LogP contribution in [0.5, 0.6) is 0 Å². The van der Waals surface area contributed by atoms with Crippen molar-refractivity contribution in [2.24, 2.45) is 0 Å². The molecule has 0 aliphatic carbocycles. The molecule has 1 heterocycles. The van der Waals surface area contributed by atoms with Gasteiger partial charge in [0.25, 0.3) is 0 Å². The zero-order valence-electron chi connectivity index (χ0n) is 10.6. The number of pyridine rings is 1. The highest BCUT2D eigenvalue weighted by molar-refractivity contribution is 9.10. The largest absolute Gasteiger partial charge is 0.378 e. The number of aryl methyl sites for hydroxylation is 1. The molecule has 0 radical (unpaired) electrons. The standard InChI is InChI=1S/C11H17BrN2O3S/c1-8(2)17-4-5-18(15,16)14-11-9(3)6-10(12)7-13-11/h6-8H,4-5H2,1-3H3,(H,13,14). The Bertz CT molecular complexity index is 503. The second-order valence-corrected chi connectivity index (χ2v) is 6.92. The lowest BCUT2D eigenvalue weighted by molar-refractivity contribution is 0.0913. The Balaban J connectivity index is 2.65. The van der Waals surface area contributed by atoms with Gasteiger partial charge in [-0.15, -0.1) is 0 Å². The van der Waals surface area contributed by atoms with Crippen LogP contribution in [0.25, 0.3) is 0 Å². The maximum Gasteiger partial charge on any atom is 0.236 e. The van der Waals surface area contributed by atoms with E-state index in [1.807, 2.05) is 13.8 Å². The van der Waals surface area contributed by atoms with E-state index in [1.165, 1.54) is 0 Å². The van der Waals surface area contributed by atoms with Crippen LogP contribution >= 0.6 is 15.9 Å². The molecule has 7 heteroatoms. The van der Waals surface area contributed by atoms with E-state index >= 15 is 0 Å². The highest BCUT2D eigenvalue weighted by atomic mass is 79.9. The molecular formula is C11H17BrN2O3S. The summed E-state index contributed by atoms with van der Waals surface area (Å²) in [6.07, 6.45) is 1.57. The lowest BCUT2D eigenvalue weighted by atomic mass is 10.3. The number of sulfonamides is 1. The first-order valence-electron chi connectivity index (χ1n) is 5.54. The van der Waals surface area contributed by atoms with Gasteiger partial charge in [0.05, 0.1) is 18.5 Å². The second kappa shape index (κ2) is 6.49. The van der Waals surface area contributed by atoms with Crippen molar-refractivity contribution in [3.05, 3.63) is 22.3 Å². The van der Waals surface area contributed by atoms with E-state index in [4.69, 9.17) is 4.74 Å². The van der Waals surface area contributed by atoms with E-state index in [1.54, 1.807) is 19.2 Å². The fraction of sp³-hybridized carbons (Fsp3) is 0.545. The van der Waals surface area contributed by atoms with Crippen LogP contribution in [0, 0.1) is 6.92 Å². The van der Waals surface area contributed by atoms with Gasteiger partial charge in [0.1, 0.15) is 5.82 Å². The molecule has 0 aliphatic rings. The van der Waals surface area contributed by atoms with Crippen molar-refractivity contribution in [3.8, 4) is 0 Å². The fourth-order valence-corrected chi connectivity index (χ4v) is 2.61. The third-order valence-electron chi connectivity index (χ3n) is 2.10. The van der Waals surface area contributed by atoms with Crippen molar-refractivity contribution in [1.82, 2.24) is 4.98 Å². The van der Waals surface area contributed by atoms with Gasteiger partial charge in [-0.2, -0.15) is 0 Å². The summed E-state index contributed by atoms with van der Waals surface area (Å²) < 4.78 is 32.0. The summed E-state index contributed by atoms with van der Waals surface area (Å²) in [5.74, 6) is 0.269. The van der Waals surface area contributed by atoms with E-state index in [0.717, 1.165) is 10.0 Å². The third-order valence-corrected chi connectivity index (χ3v) is 3.74. The normalized spacial score (nSPS) is 11.8. The Kier molecular flexibility index (Phi) is 5.55. The molecule has 1 N–H and O–H groups in total. The zero-order chi connectivity index (χ0) is 13.8. The molecule has 0 bridgehead atoms. The van der Waals surface area contributed by atoms with E-state index in [9.17, 15) is 8.42 Å². The molecule has 1 rings (SSSR count). The number of aromatic nitrogens is 1. The molecule has 18 heavy (non-hydrogen) atoms. The van der Waals surface area contributed by atoms with E-state index in [2.05, 4.69) is 25.6 Å². The minimum atomic E-state index is -3.42. The molecule has 0 amide bonds. The molecule has 0 atom stereocenters. The van der Waals surface area contributed by atoms with Crippen molar-refractivity contribution in [3.63, 3.8) is 0 Å². The molecule has 0 unspecified atom stereocenters. The summed E-state index contributed by atoms with van der Waals surface area (Å²) in [4.78, 5) is 4.03. The number of rotatable bonds is 6. The molecule has 5 nitrogen and oxygen atoms in total. The first-order valence-corrected chi connectivity index (χ1v) is 7.99. The minimum Gasteiger partial charge on any atom is -0.378 e. The van der Waals surface area contributed by atoms with Gasteiger partial charge in [0, 0.05) is 10.7 Å². The number of halogens is 1. The van der Waals surface area contributed by atoms with Crippen molar-refractivity contribution in [2.45, 2.75) is 26.9 Å². The average molecular weight is 337 g/mol. The first-order chi connectivity index (χ1) is 8.30. The molecule has 0 aliphatic heterocycles. The molecule has 0 aromatic carbocycles. The van der Waals surface area contributed by atoms with Crippen LogP contribution in [0.1, 0.15) is 19.4 Å². The Morgan fingerprint density at radius 2 is 2.17 bits per heavy atom. The SMILES string of the molecule is Cc1cc(Br)cnc1NS(=O)(=O)CCOC(C)C. The summed E-state index contributed by atoms with van der Waals surface area (Å²) in [5.41, 5.74) is 0.762. The average Bonchev–Trinajstić information content (AvgIpc) is 2.21. The molecule has 102 valence electrons. The number of anilines is 1. The van der Waals surface area contributed by atoms with Crippen LogP contribution in [0.2, 0.25) is 0 Å². The Labute approximate surface area is 116 Å². The van der Waals surface area contributed by atoms with Crippen LogP contribution in [0.15, 0.2) is 16.7 Å². The summed E-state index contributed by atoms with van der Waals surface area (Å²) in [7, 11) is -3.42. The number of hydrogen-bond donors (Lipinski definition) is 1. The molecule has 0 saturated carbocycles. The first kappa shape index (κ1) is 15.4. The predicted molar refractivity (Wildman–Crippen MR) is 75.2 cm³/mol. The van der Waals surface area contributed by atoms with Gasteiger partial charge in [0.2, 0.25) is 10.0 Å². The van der Waals surface area contributed by atoms with Gasteiger partial charge in [-0.1, -0.05) is 0 Å². The number of ether oxygens (including phenoxy) is 1. The Hall–Kier alpha value is -0.660. The summed E-state index contributed by atoms with van der Waals surface area (Å²) in [5, 5.41) is 0. The molecule has 0 spiro atoms. The molecule has 0 saturated heterocycles. The zero-order valence-corrected chi connectivity index (χ0v) is 13.0. The lowest BCUT2D eigenvalue weighted by Crippen LogP contribution is -2.22. The molecular weight excluding hydrogens is 320 g/mol. The van der Waals surface area contributed by atoms with Gasteiger partial charge in [0.15, 0.2) is 0 Å². The fourth-order valence-electron chi connectivity index (χ4n) is 1.24. The maximum atomic E-state index is 11.8. The number of hydrogen-bond acceptors (Lipinski definition) is 4. The molecule has 0 fully saturated rings. The lowest BCUT2D eigenvalue weighted by Gasteiger charge is -2.11. The van der Waals surface area contributed by atoms with Gasteiger partial charge in [-0.05, 0) is 48.3 Å². The van der Waals surface area contributed by atoms with Crippen LogP contribution in [-0.2, 0) is 14.8 Å². The van der Waals surface area contributed by atoms with Crippen LogP contribution in [-0.4, -0.2) is 31.9 Å². The highest BCUT2D eigenvalue weighted by Crippen LogP contribution is 2.17. The van der Waals surface area contributed by atoms with Crippen molar-refractivity contribution in [1.29, 1.82) is 0 Å². The van der Waals surface area contributed by atoms with E-state index < -0.39 is 10.0 Å². The highest BCUT2D eigenvalue weighted by Gasteiger charge is 2.13. The van der Waals surface area contributed by atoms with Gasteiger partial charge >= 0.3 is 0 Å². The second-order valence-electron chi connectivity index (χ2n) is 4.16. The van der Waals surface area contributed by atoms with E-state index in [-0.39, 0.29) is 18.5 Å². The van der Waals surface area contributed by atoms with E-state index in [0.29, 0.717) is 5.82 Å². The number of nitrogens with one attached hydrogen (secondary N) is 1. The smallest absolute Gasteiger partial charge is 0.236 e. The monoisotopic (exact) mass is 336 g/mol. The van der Waals surface area contributed by atoms with Crippen molar-refractivity contribution < 1.29 is 13.2 Å². The number of nitrogens with zero attached hydrogens (tertiary/aromatic N) is 1. The van der Waals surface area contributed by atoms with Crippen molar-refractivity contribution >= 4 is 31.8 Å². The van der Waals surface area contributed by atoms with Crippen LogP contribution in [0.4, 0.5) is 5.82 Å². The van der Waals surface area contributed by atoms with Gasteiger partial charge in [-0.25, -0.2) is 13.4 Å². The van der Waals surface area contributed by atoms with Crippen LogP contribution in [0.3, 0.4) is 0 Å². The predicted octanol–water partition coefficient (Wildman–Crippen LogP) is 2.32. The summed E-state index contributed by atoms with van der Waals surface area (Å²) >= 11 is 3.27. The third kappa shape index (κ3) is 5.32. The molecule has 1 aromatic heterocycles. The minimum absolute atomic E-state index is 0.0211. The topological polar surface area (TPSA) is 68.3 Å². The molecule has 1 aromatic rings. The quantitative estimate of drug-likeness (QED) is 0.865. The van der Waals surface area contributed by atoms with Gasteiger partial charge in [-0.3, -0.25) is 4.72 Å². The van der Waals surface area contributed by atoms with Crippen LogP contribution < -0.4 is 4.72 Å². The summed E-state index contributed by atoms with van der Waals surface area (Å²) in [6, 6.07) is 1.80. The maximum absolute atomic E-state index is 11.8.